The Labute approximate surface area is 106 Å². The van der Waals surface area contributed by atoms with E-state index in [0.717, 1.165) is 25.0 Å². The molecule has 4 unspecified atom stereocenters. The smallest absolute Gasteiger partial charge is 0.0724 e. The van der Waals surface area contributed by atoms with Crippen LogP contribution in [0.2, 0.25) is 0 Å². The molecule has 0 aromatic carbocycles. The number of hydrogen-bond donors (Lipinski definition) is 1. The summed E-state index contributed by atoms with van der Waals surface area (Å²) >= 11 is 0. The SMILES string of the molecule is CCNC1CCCC1N1CCC(C)C(OC)C1. The number of nitrogens with one attached hydrogen (secondary N) is 1. The van der Waals surface area contributed by atoms with Crippen molar-refractivity contribution in [3.8, 4) is 0 Å². The number of nitrogens with zero attached hydrogens (tertiary/aromatic N) is 1. The molecule has 0 aromatic heterocycles. The number of rotatable bonds is 4. The lowest BCUT2D eigenvalue weighted by molar-refractivity contribution is -0.0215. The fraction of sp³-hybridized carbons (Fsp3) is 1.00. The minimum atomic E-state index is 0.437. The van der Waals surface area contributed by atoms with Crippen LogP contribution in [0.1, 0.15) is 39.5 Å². The first-order valence-electron chi connectivity index (χ1n) is 7.26. The van der Waals surface area contributed by atoms with Crippen LogP contribution in [0, 0.1) is 5.92 Å². The van der Waals surface area contributed by atoms with Crippen molar-refractivity contribution in [1.82, 2.24) is 10.2 Å². The van der Waals surface area contributed by atoms with E-state index in [-0.39, 0.29) is 0 Å². The van der Waals surface area contributed by atoms with Gasteiger partial charge in [-0.2, -0.15) is 0 Å². The van der Waals surface area contributed by atoms with Crippen molar-refractivity contribution in [2.24, 2.45) is 5.92 Å². The van der Waals surface area contributed by atoms with E-state index in [1.165, 1.54) is 32.2 Å². The molecule has 0 spiro atoms. The van der Waals surface area contributed by atoms with Gasteiger partial charge in [-0.15, -0.1) is 0 Å². The Morgan fingerprint density at radius 2 is 2.12 bits per heavy atom. The van der Waals surface area contributed by atoms with Crippen LogP contribution in [0.4, 0.5) is 0 Å². The highest BCUT2D eigenvalue weighted by atomic mass is 16.5. The van der Waals surface area contributed by atoms with Crippen LogP contribution in [-0.2, 0) is 4.74 Å². The number of likely N-dealkylation sites (tertiary alicyclic amines) is 1. The lowest BCUT2D eigenvalue weighted by Gasteiger charge is -2.41. The lowest BCUT2D eigenvalue weighted by atomic mass is 9.94. The maximum absolute atomic E-state index is 5.63. The Balaban J connectivity index is 1.92. The van der Waals surface area contributed by atoms with Gasteiger partial charge in [-0.05, 0) is 38.3 Å². The van der Waals surface area contributed by atoms with E-state index >= 15 is 0 Å². The predicted octanol–water partition coefficient (Wildman–Crippen LogP) is 1.87. The molecule has 1 heterocycles. The topological polar surface area (TPSA) is 24.5 Å². The quantitative estimate of drug-likeness (QED) is 0.812. The van der Waals surface area contributed by atoms with E-state index < -0.39 is 0 Å². The average molecular weight is 240 g/mol. The predicted molar refractivity (Wildman–Crippen MR) is 71.3 cm³/mol. The van der Waals surface area contributed by atoms with Crippen LogP contribution in [0.5, 0.6) is 0 Å². The highest BCUT2D eigenvalue weighted by molar-refractivity contribution is 4.93. The van der Waals surface area contributed by atoms with Gasteiger partial charge in [0.2, 0.25) is 0 Å². The molecule has 2 fully saturated rings. The fourth-order valence-corrected chi connectivity index (χ4v) is 3.54. The zero-order valence-corrected chi connectivity index (χ0v) is 11.6. The third-order valence-electron chi connectivity index (χ3n) is 4.64. The number of likely N-dealkylation sites (N-methyl/N-ethyl adjacent to an activating group) is 1. The van der Waals surface area contributed by atoms with Gasteiger partial charge in [0.1, 0.15) is 0 Å². The maximum Gasteiger partial charge on any atom is 0.0724 e. The first-order valence-corrected chi connectivity index (χ1v) is 7.26. The van der Waals surface area contributed by atoms with E-state index in [2.05, 4.69) is 24.1 Å². The zero-order valence-electron chi connectivity index (χ0n) is 11.6. The molecule has 0 bridgehead atoms. The fourth-order valence-electron chi connectivity index (χ4n) is 3.54. The summed E-state index contributed by atoms with van der Waals surface area (Å²) in [6.07, 6.45) is 5.82. The van der Waals surface area contributed by atoms with Crippen molar-refractivity contribution < 1.29 is 4.74 Å². The van der Waals surface area contributed by atoms with E-state index in [1.807, 2.05) is 7.11 Å². The van der Waals surface area contributed by atoms with Gasteiger partial charge in [0.25, 0.3) is 0 Å². The molecule has 3 heteroatoms. The van der Waals surface area contributed by atoms with Gasteiger partial charge in [-0.1, -0.05) is 20.3 Å². The maximum atomic E-state index is 5.63. The Bertz CT molecular complexity index is 234. The van der Waals surface area contributed by atoms with Gasteiger partial charge in [0, 0.05) is 25.7 Å². The van der Waals surface area contributed by atoms with Crippen LogP contribution < -0.4 is 5.32 Å². The third kappa shape index (κ3) is 3.01. The van der Waals surface area contributed by atoms with Gasteiger partial charge < -0.3 is 10.1 Å². The number of piperidine rings is 1. The summed E-state index contributed by atoms with van der Waals surface area (Å²) in [6, 6.07) is 1.46. The molecule has 0 radical (unpaired) electrons. The normalized spacial score (nSPS) is 39.7. The molecule has 1 aliphatic heterocycles. The zero-order chi connectivity index (χ0) is 12.3. The average Bonchev–Trinajstić information content (AvgIpc) is 2.78. The Morgan fingerprint density at radius 1 is 1.29 bits per heavy atom. The van der Waals surface area contributed by atoms with Crippen LogP contribution in [0.3, 0.4) is 0 Å². The molecule has 3 nitrogen and oxygen atoms in total. The summed E-state index contributed by atoms with van der Waals surface area (Å²) in [7, 11) is 1.86. The minimum Gasteiger partial charge on any atom is -0.380 e. The van der Waals surface area contributed by atoms with Crippen molar-refractivity contribution in [3.63, 3.8) is 0 Å². The first kappa shape index (κ1) is 13.3. The molecular formula is C14H28N2O. The first-order chi connectivity index (χ1) is 8.26. The van der Waals surface area contributed by atoms with Crippen molar-refractivity contribution >= 4 is 0 Å². The molecule has 0 amide bonds. The summed E-state index contributed by atoms with van der Waals surface area (Å²) in [5, 5.41) is 3.65. The number of methoxy groups -OCH3 is 1. The van der Waals surface area contributed by atoms with Gasteiger partial charge >= 0.3 is 0 Å². The largest absolute Gasteiger partial charge is 0.380 e. The van der Waals surface area contributed by atoms with Crippen LogP contribution in [0.15, 0.2) is 0 Å². The third-order valence-corrected chi connectivity index (χ3v) is 4.64. The molecule has 1 saturated carbocycles. The molecule has 4 atom stereocenters. The molecule has 17 heavy (non-hydrogen) atoms. The monoisotopic (exact) mass is 240 g/mol. The molecule has 1 N–H and O–H groups in total. The van der Waals surface area contributed by atoms with Crippen LogP contribution >= 0.6 is 0 Å². The molecule has 1 aliphatic carbocycles. The second-order valence-corrected chi connectivity index (χ2v) is 5.70. The summed E-state index contributed by atoms with van der Waals surface area (Å²) in [4.78, 5) is 2.68. The second-order valence-electron chi connectivity index (χ2n) is 5.70. The van der Waals surface area contributed by atoms with Crippen molar-refractivity contribution in [3.05, 3.63) is 0 Å². The van der Waals surface area contributed by atoms with E-state index in [4.69, 9.17) is 4.74 Å². The molecular weight excluding hydrogens is 212 g/mol. The van der Waals surface area contributed by atoms with Gasteiger partial charge in [-0.3, -0.25) is 4.90 Å². The summed E-state index contributed by atoms with van der Waals surface area (Å²) < 4.78 is 5.63. The van der Waals surface area contributed by atoms with E-state index in [9.17, 15) is 0 Å². The molecule has 2 aliphatic rings. The van der Waals surface area contributed by atoms with E-state index in [0.29, 0.717) is 12.1 Å². The highest BCUT2D eigenvalue weighted by Gasteiger charge is 2.36. The number of hydrogen-bond acceptors (Lipinski definition) is 3. The Morgan fingerprint density at radius 3 is 2.82 bits per heavy atom. The molecule has 0 aromatic rings. The Hall–Kier alpha value is -0.120. The standard InChI is InChI=1S/C14H28N2O/c1-4-15-12-6-5-7-13(12)16-9-8-11(2)14(10-16)17-3/h11-15H,4-10H2,1-3H3. The van der Waals surface area contributed by atoms with Crippen molar-refractivity contribution in [2.75, 3.05) is 26.7 Å². The van der Waals surface area contributed by atoms with E-state index in [1.54, 1.807) is 0 Å². The summed E-state index contributed by atoms with van der Waals surface area (Å²) in [5.74, 6) is 0.718. The second kappa shape index (κ2) is 6.17. The molecule has 100 valence electrons. The number of ether oxygens (including phenoxy) is 1. The minimum absolute atomic E-state index is 0.437. The van der Waals surface area contributed by atoms with Crippen molar-refractivity contribution in [1.29, 1.82) is 0 Å². The van der Waals surface area contributed by atoms with Gasteiger partial charge in [0.15, 0.2) is 0 Å². The lowest BCUT2D eigenvalue weighted by Crippen LogP contribution is -2.53. The molecule has 1 saturated heterocycles. The van der Waals surface area contributed by atoms with Gasteiger partial charge in [0.05, 0.1) is 6.10 Å². The van der Waals surface area contributed by atoms with Crippen LogP contribution in [0.25, 0.3) is 0 Å². The van der Waals surface area contributed by atoms with Gasteiger partial charge in [-0.25, -0.2) is 0 Å². The van der Waals surface area contributed by atoms with Crippen LogP contribution in [-0.4, -0.2) is 49.8 Å². The summed E-state index contributed by atoms with van der Waals surface area (Å²) in [6.45, 7) is 8.02. The Kier molecular flexibility index (Phi) is 4.83. The van der Waals surface area contributed by atoms with Crippen molar-refractivity contribution in [2.45, 2.75) is 57.7 Å². The summed E-state index contributed by atoms with van der Waals surface area (Å²) in [5.41, 5.74) is 0. The molecule has 2 rings (SSSR count). The highest BCUT2D eigenvalue weighted by Crippen LogP contribution is 2.29.